The van der Waals surface area contributed by atoms with Gasteiger partial charge in [-0.25, -0.2) is 4.98 Å². The fourth-order valence-corrected chi connectivity index (χ4v) is 7.43. The Hall–Kier alpha value is -6.79. The molecule has 236 valence electrons. The van der Waals surface area contributed by atoms with E-state index in [1.807, 2.05) is 66.9 Å². The molecule has 1 aliphatic rings. The number of benzene rings is 6. The molecule has 6 aromatic carbocycles. The normalized spacial score (nSPS) is 12.4. The van der Waals surface area contributed by atoms with Crippen LogP contribution < -0.4 is 5.32 Å². The predicted molar refractivity (Wildman–Crippen MR) is 203 cm³/mol. The summed E-state index contributed by atoms with van der Waals surface area (Å²) in [7, 11) is 0. The summed E-state index contributed by atoms with van der Waals surface area (Å²) < 4.78 is 4.57. The molecule has 0 fully saturated rings. The minimum atomic E-state index is 0.597. The van der Waals surface area contributed by atoms with Crippen LogP contribution in [0.15, 0.2) is 158 Å². The van der Waals surface area contributed by atoms with Crippen molar-refractivity contribution >= 4 is 38.8 Å². The van der Waals surface area contributed by atoms with E-state index in [2.05, 4.69) is 112 Å². The second-order valence-corrected chi connectivity index (χ2v) is 12.5. The molecule has 4 heterocycles. The molecule has 1 aliphatic heterocycles. The van der Waals surface area contributed by atoms with Crippen LogP contribution in [0, 0.1) is 0 Å². The molecule has 1 N–H and O–H groups in total. The minimum absolute atomic E-state index is 0.597. The highest BCUT2D eigenvalue weighted by molar-refractivity contribution is 6.12. The summed E-state index contributed by atoms with van der Waals surface area (Å²) in [6.45, 7) is 0.649. The van der Waals surface area contributed by atoms with Crippen LogP contribution in [0.1, 0.15) is 11.3 Å². The predicted octanol–water partition coefficient (Wildman–Crippen LogP) is 9.99. The molecule has 0 radical (unpaired) electrons. The van der Waals surface area contributed by atoms with E-state index in [4.69, 9.17) is 15.0 Å². The number of fused-ring (bicyclic) bond motifs is 6. The smallest absolute Gasteiger partial charge is 0.238 e. The van der Waals surface area contributed by atoms with Gasteiger partial charge in [0.25, 0.3) is 0 Å². The van der Waals surface area contributed by atoms with Gasteiger partial charge in [-0.1, -0.05) is 115 Å². The Bertz CT molecular complexity index is 2680. The molecule has 0 saturated heterocycles. The highest BCUT2D eigenvalue weighted by Gasteiger charge is 2.24. The average molecular weight is 643 g/mol. The third kappa shape index (κ3) is 4.46. The van der Waals surface area contributed by atoms with Crippen molar-refractivity contribution in [3.63, 3.8) is 0 Å². The van der Waals surface area contributed by atoms with Crippen LogP contribution in [-0.4, -0.2) is 24.1 Å². The van der Waals surface area contributed by atoms with Crippen molar-refractivity contribution in [2.45, 2.75) is 6.54 Å². The minimum Gasteiger partial charge on any atom is -0.385 e. The van der Waals surface area contributed by atoms with E-state index >= 15 is 0 Å². The third-order valence-corrected chi connectivity index (χ3v) is 9.66. The maximum atomic E-state index is 5.13. The van der Waals surface area contributed by atoms with Gasteiger partial charge in [0.2, 0.25) is 5.95 Å². The van der Waals surface area contributed by atoms with Crippen LogP contribution in [0.2, 0.25) is 0 Å². The summed E-state index contributed by atoms with van der Waals surface area (Å²) in [5.74, 6) is 1.88. The molecular formula is C44H30N6. The highest BCUT2D eigenvalue weighted by atomic mass is 15.2. The van der Waals surface area contributed by atoms with Gasteiger partial charge < -0.3 is 9.88 Å². The largest absolute Gasteiger partial charge is 0.385 e. The topological polar surface area (TPSA) is 60.6 Å². The van der Waals surface area contributed by atoms with Crippen molar-refractivity contribution in [3.05, 3.63) is 169 Å². The first-order chi connectivity index (χ1) is 24.8. The molecule has 50 heavy (non-hydrogen) atoms. The van der Waals surface area contributed by atoms with E-state index in [-0.39, 0.29) is 0 Å². The number of para-hydroxylation sites is 2. The first-order valence-corrected chi connectivity index (χ1v) is 16.8. The van der Waals surface area contributed by atoms with Gasteiger partial charge in [-0.05, 0) is 59.8 Å². The molecule has 6 heteroatoms. The maximum absolute atomic E-state index is 5.13. The fourth-order valence-electron chi connectivity index (χ4n) is 7.43. The van der Waals surface area contributed by atoms with E-state index in [1.165, 1.54) is 38.3 Å². The van der Waals surface area contributed by atoms with Gasteiger partial charge in [0.15, 0.2) is 11.6 Å². The Morgan fingerprint density at radius 3 is 1.88 bits per heavy atom. The molecule has 0 spiro atoms. The Kier molecular flexibility index (Phi) is 6.45. The first kappa shape index (κ1) is 28.2. The van der Waals surface area contributed by atoms with Gasteiger partial charge in [0, 0.05) is 38.5 Å². The summed E-state index contributed by atoms with van der Waals surface area (Å²) in [5, 5.41) is 7.08. The zero-order valence-corrected chi connectivity index (χ0v) is 27.0. The molecular weight excluding hydrogens is 613 g/mol. The second kappa shape index (κ2) is 11.4. The number of hydrogen-bond acceptors (Lipinski definition) is 4. The van der Waals surface area contributed by atoms with E-state index < -0.39 is 0 Å². The summed E-state index contributed by atoms with van der Waals surface area (Å²) in [4.78, 5) is 15.2. The second-order valence-electron chi connectivity index (χ2n) is 12.5. The Balaban J connectivity index is 1.22. The van der Waals surface area contributed by atoms with Crippen molar-refractivity contribution in [1.29, 1.82) is 0 Å². The molecule has 10 rings (SSSR count). The van der Waals surface area contributed by atoms with E-state index in [9.17, 15) is 0 Å². The average Bonchev–Trinajstić information content (AvgIpc) is 3.71. The number of nitrogens with zero attached hydrogens (tertiary/aromatic N) is 5. The van der Waals surface area contributed by atoms with Crippen LogP contribution in [-0.2, 0) is 6.54 Å². The van der Waals surface area contributed by atoms with E-state index in [1.54, 1.807) is 0 Å². The maximum Gasteiger partial charge on any atom is 0.238 e. The Morgan fingerprint density at radius 1 is 0.500 bits per heavy atom. The van der Waals surface area contributed by atoms with Crippen molar-refractivity contribution in [1.82, 2.24) is 29.4 Å². The standard InChI is InChI=1S/C44H30N6/c1-4-13-29(14-5-1)42-46-43(30-15-6-2-7-16-30)48-44(47-42)50-39-22-12-20-33(41(39)35-25-26-45-28-40(35)50)31-23-24-38-36(27-31)34-19-10-11-21-37(34)49(38)32-17-8-3-9-18-32/h1-27,45H,28H2. The molecule has 0 atom stereocenters. The zero-order chi connectivity index (χ0) is 33.0. The molecule has 0 amide bonds. The molecule has 9 aromatic rings. The van der Waals surface area contributed by atoms with Crippen LogP contribution >= 0.6 is 0 Å². The Labute approximate surface area is 288 Å². The van der Waals surface area contributed by atoms with Gasteiger partial charge in [0.05, 0.1) is 28.8 Å². The van der Waals surface area contributed by atoms with Gasteiger partial charge >= 0.3 is 0 Å². The van der Waals surface area contributed by atoms with Crippen LogP contribution in [0.3, 0.4) is 0 Å². The highest BCUT2D eigenvalue weighted by Crippen LogP contribution is 2.41. The zero-order valence-electron chi connectivity index (χ0n) is 27.0. The number of nitrogens with one attached hydrogen (secondary N) is 1. The van der Waals surface area contributed by atoms with Gasteiger partial charge in [-0.2, -0.15) is 9.97 Å². The van der Waals surface area contributed by atoms with Crippen LogP contribution in [0.4, 0.5) is 0 Å². The molecule has 0 aliphatic carbocycles. The number of rotatable bonds is 5. The quantitative estimate of drug-likeness (QED) is 0.203. The third-order valence-electron chi connectivity index (χ3n) is 9.66. The van der Waals surface area contributed by atoms with Crippen molar-refractivity contribution < 1.29 is 0 Å². The van der Waals surface area contributed by atoms with Crippen molar-refractivity contribution in [2.75, 3.05) is 0 Å². The van der Waals surface area contributed by atoms with Gasteiger partial charge in [0.1, 0.15) is 0 Å². The van der Waals surface area contributed by atoms with Crippen molar-refractivity contribution in [3.8, 4) is 45.5 Å². The summed E-state index contributed by atoms with van der Waals surface area (Å²) in [6, 6.07) is 53.0. The molecule has 3 aromatic heterocycles. The number of aromatic nitrogens is 5. The van der Waals surface area contributed by atoms with Crippen LogP contribution in [0.25, 0.3) is 84.3 Å². The molecule has 0 bridgehead atoms. The lowest BCUT2D eigenvalue weighted by Gasteiger charge is -2.14. The lowest BCUT2D eigenvalue weighted by molar-refractivity contribution is 0.780. The SMILES string of the molecule is C1=Cc2c(n(-c3nc(-c4ccccc4)nc(-c4ccccc4)n3)c3cccc(-c4ccc5c(c4)c4ccccc4n5-c4ccccc4)c23)CN1. The molecule has 0 saturated carbocycles. The number of hydrogen-bond donors (Lipinski definition) is 1. The molecule has 0 unspecified atom stereocenters. The van der Waals surface area contributed by atoms with Gasteiger partial charge in [-0.3, -0.25) is 4.57 Å². The summed E-state index contributed by atoms with van der Waals surface area (Å²) in [6.07, 6.45) is 4.22. The van der Waals surface area contributed by atoms with Crippen LogP contribution in [0.5, 0.6) is 0 Å². The van der Waals surface area contributed by atoms with Crippen molar-refractivity contribution in [2.24, 2.45) is 0 Å². The lowest BCUT2D eigenvalue weighted by Crippen LogP contribution is -2.16. The fraction of sp³-hybridized carbons (Fsp3) is 0.0227. The lowest BCUT2D eigenvalue weighted by atomic mass is 9.96. The first-order valence-electron chi connectivity index (χ1n) is 16.8. The monoisotopic (exact) mass is 642 g/mol. The summed E-state index contributed by atoms with van der Waals surface area (Å²) in [5.41, 5.74) is 11.1. The van der Waals surface area contributed by atoms with Gasteiger partial charge in [-0.15, -0.1) is 0 Å². The molecule has 6 nitrogen and oxygen atoms in total. The van der Waals surface area contributed by atoms with E-state index in [0.29, 0.717) is 24.1 Å². The Morgan fingerprint density at radius 2 is 1.14 bits per heavy atom. The van der Waals surface area contributed by atoms with E-state index in [0.717, 1.165) is 33.6 Å². The summed E-state index contributed by atoms with van der Waals surface area (Å²) >= 11 is 0.